The molecule has 1 atom stereocenters. The van der Waals surface area contributed by atoms with Gasteiger partial charge >= 0.3 is 0 Å². The van der Waals surface area contributed by atoms with E-state index in [4.69, 9.17) is 0 Å². The highest BCUT2D eigenvalue weighted by Gasteiger charge is 2.35. The number of carbonyl (C=O) groups excluding carboxylic acids is 1. The van der Waals surface area contributed by atoms with Gasteiger partial charge in [-0.1, -0.05) is 37.0 Å². The Morgan fingerprint density at radius 3 is 2.30 bits per heavy atom. The van der Waals surface area contributed by atoms with Crippen LogP contribution in [0, 0.1) is 20.8 Å². The van der Waals surface area contributed by atoms with Crippen molar-refractivity contribution in [1.29, 1.82) is 0 Å². The van der Waals surface area contributed by atoms with Crippen LogP contribution in [0.15, 0.2) is 12.1 Å². The van der Waals surface area contributed by atoms with Crippen molar-refractivity contribution in [3.05, 3.63) is 28.8 Å². The Bertz CT molecular complexity index is 552. The van der Waals surface area contributed by atoms with E-state index < -0.39 is 0 Å². The molecule has 3 nitrogen and oxygen atoms in total. The Hall–Kier alpha value is -1.35. The van der Waals surface area contributed by atoms with Crippen molar-refractivity contribution >= 4 is 11.6 Å². The topological polar surface area (TPSA) is 32.3 Å². The largest absolute Gasteiger partial charge is 0.324 e. The summed E-state index contributed by atoms with van der Waals surface area (Å²) in [5, 5.41) is 3.24. The standard InChI is InChI=1S/C20H30N2O/c1-14-12-15(2)19(16(3)13-14)21-20(23)18-10-7-11-22(18)17-8-5-4-6-9-17/h12-13,17-18H,4-11H2,1-3H3,(H,21,23)/t18-/m0/s1. The minimum Gasteiger partial charge on any atom is -0.324 e. The maximum atomic E-state index is 12.9. The number of likely N-dealkylation sites (tertiary alicyclic amines) is 1. The van der Waals surface area contributed by atoms with E-state index in [1.54, 1.807) is 0 Å². The summed E-state index contributed by atoms with van der Waals surface area (Å²) >= 11 is 0. The number of carbonyl (C=O) groups is 1. The summed E-state index contributed by atoms with van der Waals surface area (Å²) in [6.45, 7) is 7.37. The molecule has 1 N–H and O–H groups in total. The molecule has 0 unspecified atom stereocenters. The first-order valence-corrected chi connectivity index (χ1v) is 9.20. The number of hydrogen-bond donors (Lipinski definition) is 1. The Morgan fingerprint density at radius 1 is 1.00 bits per heavy atom. The molecule has 2 fully saturated rings. The van der Waals surface area contributed by atoms with Crippen LogP contribution in [-0.4, -0.2) is 29.4 Å². The van der Waals surface area contributed by atoms with Crippen LogP contribution >= 0.6 is 0 Å². The molecule has 1 aliphatic carbocycles. The molecule has 1 amide bonds. The first-order chi connectivity index (χ1) is 11.1. The van der Waals surface area contributed by atoms with Crippen LogP contribution in [0.5, 0.6) is 0 Å². The van der Waals surface area contributed by atoms with Gasteiger partial charge in [0.1, 0.15) is 0 Å². The molecule has 0 aromatic heterocycles. The van der Waals surface area contributed by atoms with Gasteiger partial charge in [-0.05, 0) is 64.1 Å². The van der Waals surface area contributed by atoms with Gasteiger partial charge in [-0.2, -0.15) is 0 Å². The van der Waals surface area contributed by atoms with E-state index in [0.29, 0.717) is 6.04 Å². The zero-order valence-corrected chi connectivity index (χ0v) is 14.8. The van der Waals surface area contributed by atoms with E-state index in [-0.39, 0.29) is 11.9 Å². The smallest absolute Gasteiger partial charge is 0.241 e. The maximum Gasteiger partial charge on any atom is 0.241 e. The second kappa shape index (κ2) is 7.04. The Balaban J connectivity index is 1.72. The van der Waals surface area contributed by atoms with Crippen LogP contribution in [-0.2, 0) is 4.79 Å². The molecular formula is C20H30N2O. The number of nitrogens with one attached hydrogen (secondary N) is 1. The monoisotopic (exact) mass is 314 g/mol. The average Bonchev–Trinajstić information content (AvgIpc) is 3.01. The predicted octanol–water partition coefficient (Wildman–Crippen LogP) is 4.35. The van der Waals surface area contributed by atoms with Gasteiger partial charge in [0, 0.05) is 11.7 Å². The minimum atomic E-state index is 0.0678. The van der Waals surface area contributed by atoms with Crippen LogP contribution in [0.4, 0.5) is 5.69 Å². The molecule has 23 heavy (non-hydrogen) atoms. The quantitative estimate of drug-likeness (QED) is 0.899. The molecule has 1 saturated carbocycles. The first-order valence-electron chi connectivity index (χ1n) is 9.20. The lowest BCUT2D eigenvalue weighted by Crippen LogP contribution is -2.46. The van der Waals surface area contributed by atoms with Gasteiger partial charge in [0.05, 0.1) is 6.04 Å². The van der Waals surface area contributed by atoms with E-state index >= 15 is 0 Å². The third kappa shape index (κ3) is 3.60. The van der Waals surface area contributed by atoms with Crippen LogP contribution < -0.4 is 5.32 Å². The van der Waals surface area contributed by atoms with E-state index in [9.17, 15) is 4.79 Å². The number of nitrogens with zero attached hydrogens (tertiary/aromatic N) is 1. The van der Waals surface area contributed by atoms with Gasteiger partial charge in [-0.15, -0.1) is 0 Å². The summed E-state index contributed by atoms with van der Waals surface area (Å²) < 4.78 is 0. The summed E-state index contributed by atoms with van der Waals surface area (Å²) in [4.78, 5) is 15.4. The van der Waals surface area contributed by atoms with Crippen LogP contribution in [0.1, 0.15) is 61.6 Å². The highest BCUT2D eigenvalue weighted by Crippen LogP contribution is 2.30. The molecule has 0 spiro atoms. The lowest BCUT2D eigenvalue weighted by molar-refractivity contribution is -0.121. The number of hydrogen-bond acceptors (Lipinski definition) is 2. The van der Waals surface area contributed by atoms with Gasteiger partial charge in [-0.3, -0.25) is 9.69 Å². The van der Waals surface area contributed by atoms with Gasteiger partial charge in [0.2, 0.25) is 5.91 Å². The van der Waals surface area contributed by atoms with Crippen molar-refractivity contribution in [1.82, 2.24) is 4.90 Å². The Labute approximate surface area is 140 Å². The fourth-order valence-corrected chi connectivity index (χ4v) is 4.50. The summed E-state index contributed by atoms with van der Waals surface area (Å²) in [5.74, 6) is 0.197. The van der Waals surface area contributed by atoms with Gasteiger partial charge in [-0.25, -0.2) is 0 Å². The van der Waals surface area contributed by atoms with Gasteiger partial charge in [0.15, 0.2) is 0 Å². The zero-order valence-electron chi connectivity index (χ0n) is 14.8. The second-order valence-corrected chi connectivity index (χ2v) is 7.45. The fourth-order valence-electron chi connectivity index (χ4n) is 4.50. The van der Waals surface area contributed by atoms with Crippen molar-refractivity contribution in [2.24, 2.45) is 0 Å². The van der Waals surface area contributed by atoms with Crippen molar-refractivity contribution < 1.29 is 4.79 Å². The molecule has 1 aliphatic heterocycles. The number of rotatable bonds is 3. The summed E-state index contributed by atoms with van der Waals surface area (Å²) in [7, 11) is 0. The Morgan fingerprint density at radius 2 is 1.65 bits per heavy atom. The molecule has 1 aromatic rings. The van der Waals surface area contributed by atoms with Crippen molar-refractivity contribution in [2.45, 2.75) is 77.8 Å². The molecule has 0 bridgehead atoms. The third-order valence-corrected chi connectivity index (χ3v) is 5.57. The lowest BCUT2D eigenvalue weighted by Gasteiger charge is -2.35. The van der Waals surface area contributed by atoms with Crippen molar-refractivity contribution in [2.75, 3.05) is 11.9 Å². The molecular weight excluding hydrogens is 284 g/mol. The third-order valence-electron chi connectivity index (χ3n) is 5.57. The molecule has 1 heterocycles. The number of amides is 1. The van der Waals surface area contributed by atoms with Crippen LogP contribution in [0.3, 0.4) is 0 Å². The zero-order chi connectivity index (χ0) is 16.4. The highest BCUT2D eigenvalue weighted by molar-refractivity contribution is 5.96. The number of aryl methyl sites for hydroxylation is 3. The first kappa shape index (κ1) is 16.5. The average molecular weight is 314 g/mol. The molecule has 0 radical (unpaired) electrons. The molecule has 2 aliphatic rings. The number of anilines is 1. The van der Waals surface area contributed by atoms with E-state index in [2.05, 4.69) is 43.1 Å². The minimum absolute atomic E-state index is 0.0678. The highest BCUT2D eigenvalue weighted by atomic mass is 16.2. The molecule has 3 heteroatoms. The number of benzene rings is 1. The molecule has 126 valence electrons. The van der Waals surface area contributed by atoms with E-state index in [1.807, 2.05) is 0 Å². The predicted molar refractivity (Wildman–Crippen MR) is 95.9 cm³/mol. The van der Waals surface area contributed by atoms with Crippen molar-refractivity contribution in [3.63, 3.8) is 0 Å². The molecule has 1 saturated heterocycles. The molecule has 3 rings (SSSR count). The lowest BCUT2D eigenvalue weighted by atomic mass is 9.93. The van der Waals surface area contributed by atoms with Crippen molar-refractivity contribution in [3.8, 4) is 0 Å². The van der Waals surface area contributed by atoms with E-state index in [1.165, 1.54) is 37.7 Å². The normalized spacial score (nSPS) is 23.2. The van der Waals surface area contributed by atoms with Crippen LogP contribution in [0.2, 0.25) is 0 Å². The SMILES string of the molecule is Cc1cc(C)c(NC(=O)[C@@H]2CCCN2C2CCCCC2)c(C)c1. The summed E-state index contributed by atoms with van der Waals surface area (Å²) in [5.41, 5.74) is 4.59. The fraction of sp³-hybridized carbons (Fsp3) is 0.650. The molecule has 1 aromatic carbocycles. The summed E-state index contributed by atoms with van der Waals surface area (Å²) in [6.07, 6.45) is 8.71. The Kier molecular flexibility index (Phi) is 5.05. The van der Waals surface area contributed by atoms with Crippen LogP contribution in [0.25, 0.3) is 0 Å². The maximum absolute atomic E-state index is 12.9. The van der Waals surface area contributed by atoms with E-state index in [0.717, 1.165) is 36.2 Å². The summed E-state index contributed by atoms with van der Waals surface area (Å²) in [6, 6.07) is 4.99. The second-order valence-electron chi connectivity index (χ2n) is 7.45. The van der Waals surface area contributed by atoms with Gasteiger partial charge < -0.3 is 5.32 Å². The van der Waals surface area contributed by atoms with Gasteiger partial charge in [0.25, 0.3) is 0 Å².